The third kappa shape index (κ3) is 3.23. The smallest absolute Gasteiger partial charge is 0.0991 e. The molecule has 0 aliphatic heterocycles. The molecule has 0 spiro atoms. The predicted octanol–water partition coefficient (Wildman–Crippen LogP) is 2.96. The fraction of sp³-hybridized carbons (Fsp3) is 0.167. The zero-order chi connectivity index (χ0) is 11.4. The molecule has 0 amide bonds. The quantitative estimate of drug-likeness (QED) is 0.803. The molecule has 3 nitrogen and oxygen atoms in total. The van der Waals surface area contributed by atoms with Gasteiger partial charge in [-0.3, -0.25) is 0 Å². The Morgan fingerprint density at radius 2 is 2.00 bits per heavy atom. The van der Waals surface area contributed by atoms with E-state index < -0.39 is 0 Å². The van der Waals surface area contributed by atoms with Crippen molar-refractivity contribution in [2.24, 2.45) is 0 Å². The molecule has 1 aromatic carbocycles. The zero-order valence-electron chi connectivity index (χ0n) is 9.01. The van der Waals surface area contributed by atoms with Crippen LogP contribution >= 0.6 is 24.0 Å². The Morgan fingerprint density at radius 1 is 1.29 bits per heavy atom. The first-order valence-corrected chi connectivity index (χ1v) is 5.41. The standard InChI is InChI=1S/C12H10ClN3.ClH/c13-5-12-7-15-9-16(12)8-11-3-1-10(6-14)2-4-11;/h1-4,7,9H,5,8H2;1H. The van der Waals surface area contributed by atoms with E-state index in [1.165, 1.54) is 0 Å². The van der Waals surface area contributed by atoms with Gasteiger partial charge in [0.15, 0.2) is 0 Å². The molecular weight excluding hydrogens is 257 g/mol. The molecule has 0 bridgehead atoms. The van der Waals surface area contributed by atoms with Crippen LogP contribution in [0.5, 0.6) is 0 Å². The summed E-state index contributed by atoms with van der Waals surface area (Å²) < 4.78 is 1.99. The Morgan fingerprint density at radius 3 is 2.59 bits per heavy atom. The van der Waals surface area contributed by atoms with E-state index in [1.807, 2.05) is 28.8 Å². The van der Waals surface area contributed by atoms with E-state index in [-0.39, 0.29) is 12.4 Å². The Balaban J connectivity index is 0.00000144. The van der Waals surface area contributed by atoms with Gasteiger partial charge in [-0.15, -0.1) is 24.0 Å². The summed E-state index contributed by atoms with van der Waals surface area (Å²) in [5, 5.41) is 8.68. The monoisotopic (exact) mass is 267 g/mol. The summed E-state index contributed by atoms with van der Waals surface area (Å²) in [6.45, 7) is 0.730. The molecule has 1 heterocycles. The van der Waals surface area contributed by atoms with Crippen LogP contribution in [0.25, 0.3) is 0 Å². The minimum Gasteiger partial charge on any atom is -0.329 e. The van der Waals surface area contributed by atoms with Crippen LogP contribution in [0.3, 0.4) is 0 Å². The number of hydrogen-bond acceptors (Lipinski definition) is 2. The number of nitriles is 1. The number of aromatic nitrogens is 2. The van der Waals surface area contributed by atoms with Crippen molar-refractivity contribution in [2.75, 3.05) is 0 Å². The molecule has 2 rings (SSSR count). The van der Waals surface area contributed by atoms with E-state index in [4.69, 9.17) is 16.9 Å². The van der Waals surface area contributed by atoms with E-state index in [1.54, 1.807) is 12.5 Å². The maximum Gasteiger partial charge on any atom is 0.0991 e. The number of halogens is 2. The van der Waals surface area contributed by atoms with Crippen LogP contribution in [-0.2, 0) is 12.4 Å². The van der Waals surface area contributed by atoms with Crippen molar-refractivity contribution in [3.63, 3.8) is 0 Å². The number of nitrogens with zero attached hydrogens (tertiary/aromatic N) is 3. The summed E-state index contributed by atoms with van der Waals surface area (Å²) in [7, 11) is 0. The first-order chi connectivity index (χ1) is 7.83. The van der Waals surface area contributed by atoms with Crippen molar-refractivity contribution in [1.82, 2.24) is 9.55 Å². The number of imidazole rings is 1. The lowest BCUT2D eigenvalue weighted by Crippen LogP contribution is -2.01. The second-order valence-electron chi connectivity index (χ2n) is 3.46. The van der Waals surface area contributed by atoms with Crippen LogP contribution in [-0.4, -0.2) is 9.55 Å². The topological polar surface area (TPSA) is 41.6 Å². The summed E-state index contributed by atoms with van der Waals surface area (Å²) in [6, 6.07) is 9.60. The van der Waals surface area contributed by atoms with Gasteiger partial charge in [-0.1, -0.05) is 12.1 Å². The Hall–Kier alpha value is -1.50. The fourth-order valence-corrected chi connectivity index (χ4v) is 1.71. The van der Waals surface area contributed by atoms with E-state index in [0.717, 1.165) is 17.8 Å². The average Bonchev–Trinajstić information content (AvgIpc) is 2.77. The van der Waals surface area contributed by atoms with Crippen molar-refractivity contribution >= 4 is 24.0 Å². The van der Waals surface area contributed by atoms with Gasteiger partial charge >= 0.3 is 0 Å². The second-order valence-corrected chi connectivity index (χ2v) is 3.72. The highest BCUT2D eigenvalue weighted by Gasteiger charge is 2.01. The van der Waals surface area contributed by atoms with Gasteiger partial charge in [-0.05, 0) is 17.7 Å². The molecule has 88 valence electrons. The molecule has 2 aromatic rings. The van der Waals surface area contributed by atoms with Crippen molar-refractivity contribution in [1.29, 1.82) is 5.26 Å². The molecule has 1 aromatic heterocycles. The Bertz CT molecular complexity index is 511. The van der Waals surface area contributed by atoms with Gasteiger partial charge in [0, 0.05) is 12.7 Å². The van der Waals surface area contributed by atoms with Gasteiger partial charge < -0.3 is 4.57 Å². The summed E-state index contributed by atoms with van der Waals surface area (Å²) in [6.07, 6.45) is 3.52. The highest BCUT2D eigenvalue weighted by Crippen LogP contribution is 2.09. The first-order valence-electron chi connectivity index (χ1n) is 4.87. The molecule has 17 heavy (non-hydrogen) atoms. The summed E-state index contributed by atoms with van der Waals surface area (Å²) in [5.74, 6) is 0.455. The molecule has 0 saturated heterocycles. The lowest BCUT2D eigenvalue weighted by Gasteiger charge is -2.05. The van der Waals surface area contributed by atoms with Gasteiger partial charge in [-0.2, -0.15) is 5.26 Å². The number of hydrogen-bond donors (Lipinski definition) is 0. The van der Waals surface area contributed by atoms with Crippen molar-refractivity contribution < 1.29 is 0 Å². The van der Waals surface area contributed by atoms with Gasteiger partial charge in [0.25, 0.3) is 0 Å². The molecule has 0 N–H and O–H groups in total. The summed E-state index contributed by atoms with van der Waals surface area (Å²) in [4.78, 5) is 4.05. The SMILES string of the molecule is Cl.N#Cc1ccc(Cn2cncc2CCl)cc1. The minimum atomic E-state index is 0. The summed E-state index contributed by atoms with van der Waals surface area (Å²) >= 11 is 5.78. The maximum absolute atomic E-state index is 8.68. The molecule has 0 unspecified atom stereocenters. The van der Waals surface area contributed by atoms with Crippen molar-refractivity contribution in [2.45, 2.75) is 12.4 Å². The Labute approximate surface area is 111 Å². The highest BCUT2D eigenvalue weighted by atomic mass is 35.5. The van der Waals surface area contributed by atoms with E-state index in [9.17, 15) is 0 Å². The highest BCUT2D eigenvalue weighted by molar-refractivity contribution is 6.16. The molecular formula is C12H11Cl2N3. The van der Waals surface area contributed by atoms with Gasteiger partial charge in [-0.25, -0.2) is 4.98 Å². The van der Waals surface area contributed by atoms with Crippen LogP contribution in [0.15, 0.2) is 36.8 Å². The first kappa shape index (κ1) is 13.6. The summed E-state index contributed by atoms with van der Waals surface area (Å²) in [5.41, 5.74) is 2.79. The van der Waals surface area contributed by atoms with Crippen LogP contribution in [0.4, 0.5) is 0 Å². The lowest BCUT2D eigenvalue weighted by molar-refractivity contribution is 0.765. The van der Waals surface area contributed by atoms with Crippen molar-refractivity contribution in [3.05, 3.63) is 53.6 Å². The van der Waals surface area contributed by atoms with Crippen LogP contribution < -0.4 is 0 Å². The number of alkyl halides is 1. The van der Waals surface area contributed by atoms with E-state index in [2.05, 4.69) is 11.1 Å². The molecule has 0 saturated carbocycles. The molecule has 0 radical (unpaired) electrons. The van der Waals surface area contributed by atoms with Crippen molar-refractivity contribution in [3.8, 4) is 6.07 Å². The average molecular weight is 268 g/mol. The number of rotatable bonds is 3. The third-order valence-electron chi connectivity index (χ3n) is 2.37. The van der Waals surface area contributed by atoms with Gasteiger partial charge in [0.2, 0.25) is 0 Å². The van der Waals surface area contributed by atoms with Crippen LogP contribution in [0, 0.1) is 11.3 Å². The third-order valence-corrected chi connectivity index (χ3v) is 2.65. The van der Waals surface area contributed by atoms with E-state index in [0.29, 0.717) is 11.4 Å². The zero-order valence-corrected chi connectivity index (χ0v) is 10.6. The van der Waals surface area contributed by atoms with Crippen LogP contribution in [0.1, 0.15) is 16.8 Å². The molecule has 0 fully saturated rings. The molecule has 0 aliphatic rings. The lowest BCUT2D eigenvalue weighted by atomic mass is 10.1. The Kier molecular flexibility index (Phi) is 5.02. The largest absolute Gasteiger partial charge is 0.329 e. The normalized spacial score (nSPS) is 9.41. The maximum atomic E-state index is 8.68. The van der Waals surface area contributed by atoms with Gasteiger partial charge in [0.05, 0.1) is 29.5 Å². The van der Waals surface area contributed by atoms with Crippen LogP contribution in [0.2, 0.25) is 0 Å². The molecule has 0 aliphatic carbocycles. The fourth-order valence-electron chi connectivity index (χ4n) is 1.48. The van der Waals surface area contributed by atoms with E-state index >= 15 is 0 Å². The molecule has 5 heteroatoms. The number of benzene rings is 1. The van der Waals surface area contributed by atoms with Gasteiger partial charge in [0.1, 0.15) is 0 Å². The molecule has 0 atom stereocenters. The predicted molar refractivity (Wildman–Crippen MR) is 69.3 cm³/mol. The minimum absolute atomic E-state index is 0. The second kappa shape index (κ2) is 6.29.